The maximum Gasteiger partial charge on any atom is 0.205 e. The highest BCUT2D eigenvalue weighted by molar-refractivity contribution is 6.48. The smallest absolute Gasteiger partial charge is 0.205 e. The molecule has 0 aromatic heterocycles. The van der Waals surface area contributed by atoms with E-state index in [1.54, 1.807) is 0 Å². The third kappa shape index (κ3) is 5.24. The summed E-state index contributed by atoms with van der Waals surface area (Å²) in [5, 5.41) is 44.6. The van der Waals surface area contributed by atoms with E-state index in [4.69, 9.17) is 23.2 Å². The molecule has 0 spiro atoms. The van der Waals surface area contributed by atoms with E-state index in [1.807, 2.05) is 0 Å². The fourth-order valence-electron chi connectivity index (χ4n) is 4.18. The van der Waals surface area contributed by atoms with Crippen molar-refractivity contribution >= 4 is 46.1 Å². The standard InChI is InChI=1S/C24H28Cl2F2N4O6/c1-29(7-9-31(3,4)37)19-11-12(20(16(26)15(19)25)30(2)8-10-32(5,6)38)22(34)14-13(21(11)33)23(35)17(27)18(28)24(14)36/h35-36H,7-10H2,1-6H3. The van der Waals surface area contributed by atoms with Crippen LogP contribution in [0.1, 0.15) is 31.8 Å². The van der Waals surface area contributed by atoms with Crippen LogP contribution >= 0.6 is 23.2 Å². The molecule has 0 fully saturated rings. The summed E-state index contributed by atoms with van der Waals surface area (Å²) < 4.78 is 27.3. The number of phenols is 2. The molecule has 0 radical (unpaired) electrons. The van der Waals surface area contributed by atoms with E-state index in [0.717, 1.165) is 0 Å². The van der Waals surface area contributed by atoms with E-state index in [1.165, 1.54) is 52.1 Å². The van der Waals surface area contributed by atoms with Crippen LogP contribution in [0, 0.1) is 22.0 Å². The number of anilines is 2. The van der Waals surface area contributed by atoms with E-state index in [2.05, 4.69) is 0 Å². The predicted octanol–water partition coefficient (Wildman–Crippen LogP) is 3.48. The summed E-state index contributed by atoms with van der Waals surface area (Å²) in [5.74, 6) is -8.94. The van der Waals surface area contributed by atoms with Gasteiger partial charge in [-0.1, -0.05) is 23.2 Å². The molecule has 2 aromatic carbocycles. The maximum absolute atomic E-state index is 14.3. The van der Waals surface area contributed by atoms with Crippen molar-refractivity contribution in [3.8, 4) is 11.5 Å². The van der Waals surface area contributed by atoms with E-state index >= 15 is 0 Å². The summed E-state index contributed by atoms with van der Waals surface area (Å²) in [6.07, 6.45) is 0. The van der Waals surface area contributed by atoms with Crippen LogP contribution in [0.15, 0.2) is 0 Å². The van der Waals surface area contributed by atoms with Crippen LogP contribution in [0.2, 0.25) is 10.0 Å². The van der Waals surface area contributed by atoms with E-state index < -0.39 is 55.1 Å². The number of hydrogen-bond acceptors (Lipinski definition) is 8. The summed E-state index contributed by atoms with van der Waals surface area (Å²) in [5.41, 5.74) is -2.78. The molecule has 208 valence electrons. The number of quaternary nitrogens is 2. The van der Waals surface area contributed by atoms with Gasteiger partial charge in [0.05, 0.1) is 98.0 Å². The number of fused-ring (bicyclic) bond motifs is 2. The van der Waals surface area contributed by atoms with Gasteiger partial charge in [-0.25, -0.2) is 0 Å². The van der Waals surface area contributed by atoms with Crippen LogP contribution in [0.25, 0.3) is 0 Å². The zero-order valence-electron chi connectivity index (χ0n) is 21.7. The quantitative estimate of drug-likeness (QED) is 0.237. The number of halogens is 4. The summed E-state index contributed by atoms with van der Waals surface area (Å²) >= 11 is 13.2. The lowest BCUT2D eigenvalue weighted by Gasteiger charge is -2.38. The number of rotatable bonds is 8. The Morgan fingerprint density at radius 1 is 0.711 bits per heavy atom. The summed E-state index contributed by atoms with van der Waals surface area (Å²) in [6, 6.07) is 0. The minimum absolute atomic E-state index is 0.0297. The average molecular weight is 577 g/mol. The topological polar surface area (TPSA) is 127 Å². The van der Waals surface area contributed by atoms with Crippen LogP contribution in [-0.4, -0.2) is 99.5 Å². The highest BCUT2D eigenvalue weighted by Crippen LogP contribution is 2.51. The highest BCUT2D eigenvalue weighted by atomic mass is 35.5. The van der Waals surface area contributed by atoms with E-state index in [-0.39, 0.29) is 58.7 Å². The van der Waals surface area contributed by atoms with Crippen LogP contribution < -0.4 is 9.80 Å². The van der Waals surface area contributed by atoms with Crippen molar-refractivity contribution in [2.24, 2.45) is 0 Å². The second-order valence-corrected chi connectivity index (χ2v) is 11.0. The first kappa shape index (κ1) is 29.8. The number of carbonyl (C=O) groups is 2. The highest BCUT2D eigenvalue weighted by Gasteiger charge is 2.44. The van der Waals surface area contributed by atoms with Gasteiger partial charge in [0.15, 0.2) is 11.5 Å². The fourth-order valence-corrected chi connectivity index (χ4v) is 4.84. The molecule has 1 aliphatic rings. The van der Waals surface area contributed by atoms with Gasteiger partial charge in [-0.2, -0.15) is 8.78 Å². The van der Waals surface area contributed by atoms with Crippen molar-refractivity contribution in [3.05, 3.63) is 54.3 Å². The van der Waals surface area contributed by atoms with Crippen molar-refractivity contribution in [2.45, 2.75) is 0 Å². The molecule has 0 unspecified atom stereocenters. The first-order valence-corrected chi connectivity index (χ1v) is 12.1. The lowest BCUT2D eigenvalue weighted by atomic mass is 9.80. The van der Waals surface area contributed by atoms with E-state index in [9.17, 15) is 39.0 Å². The first-order valence-electron chi connectivity index (χ1n) is 11.4. The Bertz CT molecular complexity index is 1240. The normalized spacial score (nSPS) is 13.5. The number of hydrogen-bond donors (Lipinski definition) is 2. The Hall–Kier alpha value is -2.74. The Morgan fingerprint density at radius 2 is 1.00 bits per heavy atom. The zero-order valence-corrected chi connectivity index (χ0v) is 23.2. The largest absolute Gasteiger partial charge is 0.633 e. The number of benzene rings is 2. The molecular formula is C24H28Cl2F2N4O6. The van der Waals surface area contributed by atoms with Gasteiger partial charge in [0.2, 0.25) is 23.2 Å². The molecule has 3 rings (SSSR count). The van der Waals surface area contributed by atoms with Crippen molar-refractivity contribution < 1.29 is 37.9 Å². The van der Waals surface area contributed by atoms with Crippen LogP contribution in [0.4, 0.5) is 20.2 Å². The van der Waals surface area contributed by atoms with Crippen molar-refractivity contribution in [1.82, 2.24) is 0 Å². The summed E-state index contributed by atoms with van der Waals surface area (Å²) in [6.45, 7) is 0.142. The minimum atomic E-state index is -1.90. The van der Waals surface area contributed by atoms with E-state index in [0.29, 0.717) is 0 Å². The zero-order chi connectivity index (χ0) is 29.1. The predicted molar refractivity (Wildman–Crippen MR) is 140 cm³/mol. The number of carbonyl (C=O) groups excluding carboxylic acids is 2. The number of likely N-dealkylation sites (N-methyl/N-ethyl adjacent to an activating group) is 4. The molecule has 10 nitrogen and oxygen atoms in total. The van der Waals surface area contributed by atoms with Gasteiger partial charge < -0.3 is 39.7 Å². The molecule has 0 amide bonds. The molecule has 38 heavy (non-hydrogen) atoms. The minimum Gasteiger partial charge on any atom is -0.633 e. The van der Waals surface area contributed by atoms with Gasteiger partial charge in [-0.15, -0.1) is 0 Å². The van der Waals surface area contributed by atoms with Crippen LogP contribution in [0.3, 0.4) is 0 Å². The molecule has 2 N–H and O–H groups in total. The Balaban J connectivity index is 2.39. The molecule has 1 aliphatic carbocycles. The van der Waals surface area contributed by atoms with Gasteiger partial charge in [0.1, 0.15) is 0 Å². The molecular weight excluding hydrogens is 549 g/mol. The second kappa shape index (κ2) is 10.1. The molecule has 2 aromatic rings. The number of aromatic hydroxyl groups is 2. The van der Waals surface area contributed by atoms with Crippen LogP contribution in [0.5, 0.6) is 11.5 Å². The molecule has 0 heterocycles. The number of hydroxylamine groups is 6. The average Bonchev–Trinajstić information content (AvgIpc) is 2.80. The third-order valence-corrected chi connectivity index (χ3v) is 7.12. The number of phenolic OH excluding ortho intramolecular Hbond substituents is 2. The molecule has 0 atom stereocenters. The van der Waals surface area contributed by atoms with Gasteiger partial charge in [0, 0.05) is 14.1 Å². The maximum atomic E-state index is 14.3. The number of ketones is 2. The van der Waals surface area contributed by atoms with Gasteiger partial charge in [-0.05, 0) is 0 Å². The first-order chi connectivity index (χ1) is 17.3. The lowest BCUT2D eigenvalue weighted by Crippen LogP contribution is -2.41. The van der Waals surface area contributed by atoms with Gasteiger partial charge in [0.25, 0.3) is 0 Å². The van der Waals surface area contributed by atoms with Crippen molar-refractivity contribution in [1.29, 1.82) is 0 Å². The SMILES string of the molecule is CN(CC[N+](C)(C)[O-])c1c(Cl)c(Cl)c(N(C)CC[N+](C)(C)[O-])c2c1C(=O)c1c(O)c(F)c(F)c(O)c1C2=O. The molecule has 0 bridgehead atoms. The molecule has 0 aliphatic heterocycles. The third-order valence-electron chi connectivity index (χ3n) is 6.28. The fraction of sp³-hybridized carbons (Fsp3) is 0.417. The monoisotopic (exact) mass is 576 g/mol. The Kier molecular flexibility index (Phi) is 7.92. The summed E-state index contributed by atoms with van der Waals surface area (Å²) in [7, 11) is 8.57. The van der Waals surface area contributed by atoms with Crippen molar-refractivity contribution in [2.75, 3.05) is 78.3 Å². The summed E-state index contributed by atoms with van der Waals surface area (Å²) in [4.78, 5) is 30.4. The molecule has 14 heteroatoms. The Labute approximate surface area is 228 Å². The number of nitrogens with zero attached hydrogens (tertiary/aromatic N) is 4. The van der Waals surface area contributed by atoms with Crippen molar-refractivity contribution in [3.63, 3.8) is 0 Å². The van der Waals surface area contributed by atoms with Gasteiger partial charge in [-0.3, -0.25) is 9.59 Å². The molecule has 0 saturated carbocycles. The van der Waals surface area contributed by atoms with Crippen LogP contribution in [-0.2, 0) is 0 Å². The van der Waals surface area contributed by atoms with Gasteiger partial charge >= 0.3 is 0 Å². The molecule has 0 saturated heterocycles. The second-order valence-electron chi connectivity index (χ2n) is 10.2. The Morgan fingerprint density at radius 3 is 1.26 bits per heavy atom. The lowest BCUT2D eigenvalue weighted by molar-refractivity contribution is -0.838.